The number of benzene rings is 1. The summed E-state index contributed by atoms with van der Waals surface area (Å²) in [6.45, 7) is 3.49. The predicted molar refractivity (Wildman–Crippen MR) is 76.6 cm³/mol. The molecule has 1 amide bonds. The number of aryl methyl sites for hydroxylation is 1. The van der Waals surface area contributed by atoms with Gasteiger partial charge in [-0.2, -0.15) is 0 Å². The smallest absolute Gasteiger partial charge is 0.318 e. The highest BCUT2D eigenvalue weighted by molar-refractivity contribution is 6.00. The van der Waals surface area contributed by atoms with Crippen LogP contribution in [0.3, 0.4) is 0 Å². The van der Waals surface area contributed by atoms with E-state index < -0.39 is 11.4 Å². The number of hydrogen-bond acceptors (Lipinski definition) is 2. The highest BCUT2D eigenvalue weighted by Crippen LogP contribution is 2.33. The Balaban J connectivity index is 2.08. The Labute approximate surface area is 119 Å². The average molecular weight is 275 g/mol. The lowest BCUT2D eigenvalue weighted by Crippen LogP contribution is -2.44. The number of hydrogen-bond donors (Lipinski definition) is 1. The maximum absolute atomic E-state index is 12.3. The lowest BCUT2D eigenvalue weighted by Gasteiger charge is -2.28. The zero-order chi connectivity index (χ0) is 14.9. The number of carbonyl (C=O) groups excluding carboxylic acids is 1. The van der Waals surface area contributed by atoms with Crippen LogP contribution in [-0.2, 0) is 16.0 Å². The van der Waals surface area contributed by atoms with Gasteiger partial charge in [-0.25, -0.2) is 0 Å². The fourth-order valence-corrected chi connectivity index (χ4v) is 2.82. The molecule has 0 unspecified atom stereocenters. The van der Waals surface area contributed by atoms with Gasteiger partial charge >= 0.3 is 5.97 Å². The molecule has 0 bridgehead atoms. The number of carbonyl (C=O) groups is 2. The van der Waals surface area contributed by atoms with Crippen LogP contribution < -0.4 is 0 Å². The summed E-state index contributed by atoms with van der Waals surface area (Å²) in [6, 6.07) is 8.27. The van der Waals surface area contributed by atoms with Crippen molar-refractivity contribution in [1.29, 1.82) is 0 Å². The number of fused-ring (bicyclic) bond motifs is 1. The molecular formula is C16H21NO3. The topological polar surface area (TPSA) is 57.6 Å². The lowest BCUT2D eigenvalue weighted by molar-refractivity contribution is -0.157. The largest absolute Gasteiger partial charge is 0.480 e. The molecule has 0 aromatic heterocycles. The minimum Gasteiger partial charge on any atom is -0.480 e. The Hall–Kier alpha value is -1.84. The molecule has 0 spiro atoms. The summed E-state index contributed by atoms with van der Waals surface area (Å²) in [6.07, 6.45) is 2.05. The summed E-state index contributed by atoms with van der Waals surface area (Å²) in [4.78, 5) is 25.0. The van der Waals surface area contributed by atoms with Gasteiger partial charge in [0.15, 0.2) is 0 Å². The molecular weight excluding hydrogens is 254 g/mol. The van der Waals surface area contributed by atoms with Crippen LogP contribution in [0.15, 0.2) is 24.3 Å². The number of carboxylic acids is 1. The maximum atomic E-state index is 12.3. The first-order chi connectivity index (χ1) is 9.34. The number of likely N-dealkylation sites (N-methyl/N-ethyl adjacent to an activating group) is 1. The van der Waals surface area contributed by atoms with Crippen molar-refractivity contribution >= 4 is 11.9 Å². The first-order valence-corrected chi connectivity index (χ1v) is 6.90. The second-order valence-electron chi connectivity index (χ2n) is 6.05. The van der Waals surface area contributed by atoms with Crippen molar-refractivity contribution in [3.05, 3.63) is 35.4 Å². The standard InChI is InChI=1S/C16H21NO3/c1-16(2,15(19)20)14(18)17(3)10-12-9-8-11-6-4-5-7-13(11)12/h4-7,12H,8-10H2,1-3H3,(H,19,20)/t12-/m1/s1. The van der Waals surface area contributed by atoms with Crippen molar-refractivity contribution in [2.45, 2.75) is 32.6 Å². The third-order valence-electron chi connectivity index (χ3n) is 4.17. The molecule has 1 aromatic rings. The Morgan fingerprint density at radius 2 is 2.00 bits per heavy atom. The van der Waals surface area contributed by atoms with Crippen LogP contribution in [0, 0.1) is 5.41 Å². The van der Waals surface area contributed by atoms with Crippen LogP contribution in [0.5, 0.6) is 0 Å². The van der Waals surface area contributed by atoms with E-state index in [2.05, 4.69) is 12.1 Å². The summed E-state index contributed by atoms with van der Waals surface area (Å²) < 4.78 is 0. The van der Waals surface area contributed by atoms with Crippen LogP contribution in [0.25, 0.3) is 0 Å². The highest BCUT2D eigenvalue weighted by Gasteiger charge is 2.39. The number of rotatable bonds is 4. The SMILES string of the molecule is CN(C[C@H]1CCc2ccccc21)C(=O)C(C)(C)C(=O)O. The van der Waals surface area contributed by atoms with Crippen molar-refractivity contribution in [2.24, 2.45) is 5.41 Å². The molecule has 108 valence electrons. The van der Waals surface area contributed by atoms with Crippen molar-refractivity contribution < 1.29 is 14.7 Å². The third kappa shape index (κ3) is 2.55. The molecule has 4 nitrogen and oxygen atoms in total. The van der Waals surface area contributed by atoms with E-state index in [1.54, 1.807) is 11.9 Å². The molecule has 20 heavy (non-hydrogen) atoms. The molecule has 0 radical (unpaired) electrons. The maximum Gasteiger partial charge on any atom is 0.318 e. The van der Waals surface area contributed by atoms with Crippen molar-refractivity contribution in [3.8, 4) is 0 Å². The predicted octanol–water partition coefficient (Wildman–Crippen LogP) is 2.29. The van der Waals surface area contributed by atoms with E-state index in [9.17, 15) is 9.59 Å². The minimum atomic E-state index is -1.37. The number of aliphatic carboxylic acids is 1. The van der Waals surface area contributed by atoms with Gasteiger partial charge in [0.25, 0.3) is 0 Å². The first kappa shape index (κ1) is 14.6. The summed E-state index contributed by atoms with van der Waals surface area (Å²) in [5.41, 5.74) is 1.27. The fourth-order valence-electron chi connectivity index (χ4n) is 2.82. The zero-order valence-electron chi connectivity index (χ0n) is 12.2. The minimum absolute atomic E-state index is 0.310. The summed E-state index contributed by atoms with van der Waals surface area (Å²) in [5.74, 6) is -1.11. The Morgan fingerprint density at radius 3 is 2.65 bits per heavy atom. The Kier molecular flexibility index (Phi) is 3.84. The summed E-state index contributed by atoms with van der Waals surface area (Å²) in [5, 5.41) is 9.13. The molecule has 1 aliphatic rings. The molecule has 0 aliphatic heterocycles. The van der Waals surface area contributed by atoms with Gasteiger partial charge in [0.2, 0.25) is 5.91 Å². The number of amides is 1. The monoisotopic (exact) mass is 275 g/mol. The number of carboxylic acid groups (broad SMARTS) is 1. The molecule has 2 rings (SSSR count). The Morgan fingerprint density at radius 1 is 1.35 bits per heavy atom. The van der Waals surface area contributed by atoms with E-state index in [1.807, 2.05) is 12.1 Å². The van der Waals surface area contributed by atoms with Gasteiger partial charge in [0, 0.05) is 19.5 Å². The van der Waals surface area contributed by atoms with Crippen LogP contribution in [0.1, 0.15) is 37.3 Å². The summed E-state index contributed by atoms with van der Waals surface area (Å²) in [7, 11) is 1.69. The number of nitrogens with zero attached hydrogens (tertiary/aromatic N) is 1. The molecule has 0 heterocycles. The molecule has 0 saturated carbocycles. The van der Waals surface area contributed by atoms with Gasteiger partial charge in [-0.1, -0.05) is 24.3 Å². The highest BCUT2D eigenvalue weighted by atomic mass is 16.4. The normalized spacial score (nSPS) is 17.6. The van der Waals surface area contributed by atoms with Crippen molar-refractivity contribution in [3.63, 3.8) is 0 Å². The van der Waals surface area contributed by atoms with Crippen LogP contribution in [0.4, 0.5) is 0 Å². The van der Waals surface area contributed by atoms with Crippen LogP contribution in [-0.4, -0.2) is 35.5 Å². The lowest BCUT2D eigenvalue weighted by atomic mass is 9.91. The van der Waals surface area contributed by atoms with Crippen molar-refractivity contribution in [2.75, 3.05) is 13.6 Å². The van der Waals surface area contributed by atoms with E-state index in [0.717, 1.165) is 12.8 Å². The van der Waals surface area contributed by atoms with Gasteiger partial charge in [0.05, 0.1) is 0 Å². The van der Waals surface area contributed by atoms with Crippen LogP contribution >= 0.6 is 0 Å². The third-order valence-corrected chi connectivity index (χ3v) is 4.17. The molecule has 0 fully saturated rings. The van der Waals surface area contributed by atoms with Gasteiger partial charge in [0.1, 0.15) is 5.41 Å². The molecule has 1 aliphatic carbocycles. The fraction of sp³-hybridized carbons (Fsp3) is 0.500. The second kappa shape index (κ2) is 5.27. The van der Waals surface area contributed by atoms with Gasteiger partial charge in [-0.3, -0.25) is 9.59 Å². The van der Waals surface area contributed by atoms with E-state index in [-0.39, 0.29) is 5.91 Å². The second-order valence-corrected chi connectivity index (χ2v) is 6.05. The molecule has 1 atom stereocenters. The van der Waals surface area contributed by atoms with Gasteiger partial charge < -0.3 is 10.0 Å². The molecule has 1 N–H and O–H groups in total. The van der Waals surface area contributed by atoms with Crippen molar-refractivity contribution in [1.82, 2.24) is 4.90 Å². The zero-order valence-corrected chi connectivity index (χ0v) is 12.2. The first-order valence-electron chi connectivity index (χ1n) is 6.90. The molecule has 4 heteroatoms. The van der Waals surface area contributed by atoms with E-state index >= 15 is 0 Å². The molecule has 1 aromatic carbocycles. The van der Waals surface area contributed by atoms with Gasteiger partial charge in [-0.05, 0) is 37.8 Å². The Bertz CT molecular complexity index is 536. The molecule has 0 saturated heterocycles. The van der Waals surface area contributed by atoms with Gasteiger partial charge in [-0.15, -0.1) is 0 Å². The quantitative estimate of drug-likeness (QED) is 0.858. The van der Waals surface area contributed by atoms with E-state index in [0.29, 0.717) is 12.5 Å². The summed E-state index contributed by atoms with van der Waals surface area (Å²) >= 11 is 0. The average Bonchev–Trinajstić information content (AvgIpc) is 2.81. The van der Waals surface area contributed by atoms with E-state index in [1.165, 1.54) is 25.0 Å². The van der Waals surface area contributed by atoms with Crippen LogP contribution in [0.2, 0.25) is 0 Å². The van der Waals surface area contributed by atoms with E-state index in [4.69, 9.17) is 5.11 Å².